The third-order valence-electron chi connectivity index (χ3n) is 4.05. The van der Waals surface area contributed by atoms with Crippen molar-refractivity contribution >= 4 is 28.5 Å². The summed E-state index contributed by atoms with van der Waals surface area (Å²) in [6, 6.07) is 11.6. The minimum atomic E-state index is -1.22. The second-order valence-electron chi connectivity index (χ2n) is 5.70. The maximum atomic E-state index is 12.4. The predicted octanol–water partition coefficient (Wildman–Crippen LogP) is 2.50. The first-order chi connectivity index (χ1) is 12.5. The van der Waals surface area contributed by atoms with Crippen LogP contribution in [0.2, 0.25) is 0 Å². The van der Waals surface area contributed by atoms with Crippen LogP contribution in [0.15, 0.2) is 54.7 Å². The van der Waals surface area contributed by atoms with E-state index < -0.39 is 22.8 Å². The summed E-state index contributed by atoms with van der Waals surface area (Å²) >= 11 is 0. The van der Waals surface area contributed by atoms with Crippen molar-refractivity contribution < 1.29 is 19.6 Å². The quantitative estimate of drug-likeness (QED) is 0.464. The number of nitro groups is 1. The zero-order chi connectivity index (χ0) is 18.7. The molecule has 1 amide bonds. The summed E-state index contributed by atoms with van der Waals surface area (Å²) in [5.74, 6) is -2.02. The van der Waals surface area contributed by atoms with Crippen LogP contribution < -0.4 is 5.32 Å². The summed E-state index contributed by atoms with van der Waals surface area (Å²) in [7, 11) is 0. The Kier molecular flexibility index (Phi) is 4.66. The molecule has 1 atom stereocenters. The molecule has 8 nitrogen and oxygen atoms in total. The number of aliphatic carboxylic acids is 1. The van der Waals surface area contributed by atoms with Crippen molar-refractivity contribution in [2.45, 2.75) is 12.5 Å². The molecule has 0 spiro atoms. The number of amides is 1. The molecule has 0 saturated heterocycles. The number of nitro benzene ring substituents is 1. The lowest BCUT2D eigenvalue weighted by atomic mass is 10.0. The number of para-hydroxylation sites is 2. The van der Waals surface area contributed by atoms with Crippen molar-refractivity contribution in [2.75, 3.05) is 0 Å². The zero-order valence-electron chi connectivity index (χ0n) is 13.5. The van der Waals surface area contributed by atoms with Gasteiger partial charge in [-0.1, -0.05) is 30.3 Å². The molecule has 0 saturated carbocycles. The molecule has 1 heterocycles. The van der Waals surface area contributed by atoms with E-state index in [2.05, 4.69) is 10.3 Å². The summed E-state index contributed by atoms with van der Waals surface area (Å²) in [5, 5.41) is 23.7. The number of carboxylic acid groups (broad SMARTS) is 1. The highest BCUT2D eigenvalue weighted by atomic mass is 16.6. The number of H-pyrrole nitrogens is 1. The summed E-state index contributed by atoms with van der Waals surface area (Å²) < 4.78 is 0. The standard InChI is InChI=1S/C18H15N3O5/c22-17(13-6-2-4-8-16(13)21(25)26)20-15(18(23)24)9-11-10-19-14-7-3-1-5-12(11)14/h1-8,10,15,19H,9H2,(H,20,22)(H,23,24). The molecule has 0 aliphatic heterocycles. The minimum absolute atomic E-state index is 0.0473. The largest absolute Gasteiger partial charge is 0.480 e. The van der Waals surface area contributed by atoms with E-state index in [0.29, 0.717) is 0 Å². The van der Waals surface area contributed by atoms with Gasteiger partial charge in [0.1, 0.15) is 11.6 Å². The maximum Gasteiger partial charge on any atom is 0.326 e. The highest BCUT2D eigenvalue weighted by molar-refractivity contribution is 6.00. The second-order valence-corrected chi connectivity index (χ2v) is 5.70. The van der Waals surface area contributed by atoms with Crippen molar-refractivity contribution in [3.63, 3.8) is 0 Å². The molecule has 8 heteroatoms. The minimum Gasteiger partial charge on any atom is -0.480 e. The lowest BCUT2D eigenvalue weighted by molar-refractivity contribution is -0.385. The zero-order valence-corrected chi connectivity index (χ0v) is 13.5. The van der Waals surface area contributed by atoms with Crippen LogP contribution in [-0.2, 0) is 11.2 Å². The second kappa shape index (κ2) is 7.06. The molecule has 1 aromatic heterocycles. The topological polar surface area (TPSA) is 125 Å². The van der Waals surface area contributed by atoms with Gasteiger partial charge < -0.3 is 15.4 Å². The Morgan fingerprint density at radius 1 is 1.15 bits per heavy atom. The van der Waals surface area contributed by atoms with Crippen molar-refractivity contribution in [2.24, 2.45) is 0 Å². The number of carbonyl (C=O) groups excluding carboxylic acids is 1. The van der Waals surface area contributed by atoms with Gasteiger partial charge in [-0.3, -0.25) is 14.9 Å². The first-order valence-electron chi connectivity index (χ1n) is 7.79. The number of rotatable bonds is 6. The van der Waals surface area contributed by atoms with E-state index in [4.69, 9.17) is 0 Å². The normalized spacial score (nSPS) is 11.8. The van der Waals surface area contributed by atoms with E-state index in [1.807, 2.05) is 24.3 Å². The Balaban J connectivity index is 1.84. The fourth-order valence-corrected chi connectivity index (χ4v) is 2.78. The number of carboxylic acids is 1. The Labute approximate surface area is 147 Å². The molecule has 0 radical (unpaired) electrons. The molecule has 3 rings (SSSR count). The average molecular weight is 353 g/mol. The highest BCUT2D eigenvalue weighted by Gasteiger charge is 2.26. The molecular formula is C18H15N3O5. The van der Waals surface area contributed by atoms with Gasteiger partial charge in [0.05, 0.1) is 4.92 Å². The van der Waals surface area contributed by atoms with Gasteiger partial charge in [0, 0.05) is 29.6 Å². The van der Waals surface area contributed by atoms with Crippen LogP contribution in [-0.4, -0.2) is 32.9 Å². The fraction of sp³-hybridized carbons (Fsp3) is 0.111. The van der Waals surface area contributed by atoms with Gasteiger partial charge in [-0.05, 0) is 17.7 Å². The fourth-order valence-electron chi connectivity index (χ4n) is 2.78. The Hall–Kier alpha value is -3.68. The predicted molar refractivity (Wildman–Crippen MR) is 94.0 cm³/mol. The molecule has 2 aromatic carbocycles. The molecule has 3 aromatic rings. The number of nitrogens with one attached hydrogen (secondary N) is 2. The number of hydrogen-bond acceptors (Lipinski definition) is 4. The maximum absolute atomic E-state index is 12.4. The number of aromatic amines is 1. The molecule has 0 aliphatic carbocycles. The van der Waals surface area contributed by atoms with Crippen LogP contribution in [0.1, 0.15) is 15.9 Å². The van der Waals surface area contributed by atoms with Gasteiger partial charge >= 0.3 is 5.97 Å². The van der Waals surface area contributed by atoms with E-state index >= 15 is 0 Å². The first-order valence-corrected chi connectivity index (χ1v) is 7.79. The number of hydrogen-bond donors (Lipinski definition) is 3. The lowest BCUT2D eigenvalue weighted by Crippen LogP contribution is -2.42. The molecule has 1 unspecified atom stereocenters. The van der Waals surface area contributed by atoms with Crippen molar-refractivity contribution in [3.05, 3.63) is 76.0 Å². The number of aromatic nitrogens is 1. The number of carbonyl (C=O) groups is 2. The summed E-state index contributed by atoms with van der Waals surface area (Å²) in [6.45, 7) is 0. The number of benzene rings is 2. The third-order valence-corrected chi connectivity index (χ3v) is 4.05. The van der Waals surface area contributed by atoms with E-state index in [0.717, 1.165) is 16.5 Å². The lowest BCUT2D eigenvalue weighted by Gasteiger charge is -2.14. The van der Waals surface area contributed by atoms with Crippen LogP contribution >= 0.6 is 0 Å². The van der Waals surface area contributed by atoms with Crippen LogP contribution in [0.3, 0.4) is 0 Å². The Morgan fingerprint density at radius 2 is 1.85 bits per heavy atom. The number of nitrogens with zero attached hydrogens (tertiary/aromatic N) is 1. The Bertz CT molecular complexity index is 995. The summed E-state index contributed by atoms with van der Waals surface area (Å²) in [4.78, 5) is 37.4. The van der Waals surface area contributed by atoms with E-state index in [1.165, 1.54) is 24.3 Å². The van der Waals surface area contributed by atoms with Gasteiger partial charge in [0.2, 0.25) is 0 Å². The van der Waals surface area contributed by atoms with Gasteiger partial charge in [-0.25, -0.2) is 4.79 Å². The summed E-state index contributed by atoms with van der Waals surface area (Å²) in [6.07, 6.45) is 1.74. The summed E-state index contributed by atoms with van der Waals surface area (Å²) in [5.41, 5.74) is 1.04. The highest BCUT2D eigenvalue weighted by Crippen LogP contribution is 2.20. The van der Waals surface area contributed by atoms with Crippen LogP contribution in [0.4, 0.5) is 5.69 Å². The van der Waals surface area contributed by atoms with Crippen LogP contribution in [0, 0.1) is 10.1 Å². The van der Waals surface area contributed by atoms with Crippen molar-refractivity contribution in [1.82, 2.24) is 10.3 Å². The van der Waals surface area contributed by atoms with Crippen molar-refractivity contribution in [3.8, 4) is 0 Å². The molecule has 26 heavy (non-hydrogen) atoms. The molecule has 0 aliphatic rings. The monoisotopic (exact) mass is 353 g/mol. The van der Waals surface area contributed by atoms with E-state index in [1.54, 1.807) is 6.20 Å². The SMILES string of the molecule is O=C(NC(Cc1c[nH]c2ccccc12)C(=O)O)c1ccccc1[N+](=O)[O-]. The van der Waals surface area contributed by atoms with Gasteiger partial charge in [-0.15, -0.1) is 0 Å². The molecular weight excluding hydrogens is 338 g/mol. The average Bonchev–Trinajstić information content (AvgIpc) is 3.04. The van der Waals surface area contributed by atoms with Gasteiger partial charge in [0.25, 0.3) is 11.6 Å². The third kappa shape index (κ3) is 3.39. The van der Waals surface area contributed by atoms with Gasteiger partial charge in [0.15, 0.2) is 0 Å². The van der Waals surface area contributed by atoms with Crippen molar-refractivity contribution in [1.29, 1.82) is 0 Å². The molecule has 3 N–H and O–H groups in total. The van der Waals surface area contributed by atoms with E-state index in [9.17, 15) is 24.8 Å². The van der Waals surface area contributed by atoms with Crippen LogP contribution in [0.25, 0.3) is 10.9 Å². The van der Waals surface area contributed by atoms with Gasteiger partial charge in [-0.2, -0.15) is 0 Å². The molecule has 132 valence electrons. The molecule has 0 bridgehead atoms. The molecule has 0 fully saturated rings. The smallest absolute Gasteiger partial charge is 0.326 e. The van der Waals surface area contributed by atoms with E-state index in [-0.39, 0.29) is 17.7 Å². The Morgan fingerprint density at radius 3 is 2.58 bits per heavy atom. The van der Waals surface area contributed by atoms with Crippen LogP contribution in [0.5, 0.6) is 0 Å². The first kappa shape index (κ1) is 17.2. The number of fused-ring (bicyclic) bond motifs is 1.